The summed E-state index contributed by atoms with van der Waals surface area (Å²) in [5.41, 5.74) is 0. The molecule has 19 heavy (non-hydrogen) atoms. The molecule has 0 atom stereocenters. The van der Waals surface area contributed by atoms with Crippen LogP contribution in [-0.4, -0.2) is 66.2 Å². The van der Waals surface area contributed by atoms with Crippen molar-refractivity contribution in [1.82, 2.24) is 15.1 Å². The summed E-state index contributed by atoms with van der Waals surface area (Å²) in [6.07, 6.45) is 5.01. The van der Waals surface area contributed by atoms with Gasteiger partial charge in [0, 0.05) is 32.7 Å². The predicted molar refractivity (Wildman–Crippen MR) is 71.0 cm³/mol. The van der Waals surface area contributed by atoms with E-state index in [0.29, 0.717) is 26.2 Å². The molecule has 0 spiro atoms. The Morgan fingerprint density at radius 1 is 1.16 bits per heavy atom. The molecule has 0 aromatic rings. The van der Waals surface area contributed by atoms with E-state index in [0.717, 1.165) is 18.9 Å². The highest BCUT2D eigenvalue weighted by Crippen LogP contribution is 2.33. The highest BCUT2D eigenvalue weighted by atomic mass is 16.4. The average molecular weight is 269 g/mol. The van der Waals surface area contributed by atoms with Crippen molar-refractivity contribution in [3.05, 3.63) is 0 Å². The van der Waals surface area contributed by atoms with Gasteiger partial charge in [-0.2, -0.15) is 0 Å². The Balaban J connectivity index is 1.57. The third-order valence-corrected chi connectivity index (χ3v) is 3.78. The Hall–Kier alpha value is -1.30. The minimum atomic E-state index is -0.807. The number of nitrogens with one attached hydrogen (secondary N) is 1. The van der Waals surface area contributed by atoms with Gasteiger partial charge < -0.3 is 15.3 Å². The van der Waals surface area contributed by atoms with Crippen LogP contribution >= 0.6 is 0 Å². The van der Waals surface area contributed by atoms with Crippen LogP contribution in [-0.2, 0) is 4.79 Å². The van der Waals surface area contributed by atoms with E-state index < -0.39 is 5.97 Å². The molecule has 0 unspecified atom stereocenters. The maximum absolute atomic E-state index is 11.9. The predicted octanol–water partition coefficient (Wildman–Crippen LogP) is 0.588. The molecule has 6 nitrogen and oxygen atoms in total. The van der Waals surface area contributed by atoms with Gasteiger partial charge in [0.2, 0.25) is 0 Å². The first kappa shape index (κ1) is 14.1. The van der Waals surface area contributed by atoms with E-state index >= 15 is 0 Å². The monoisotopic (exact) mass is 269 g/mol. The molecule has 0 bridgehead atoms. The fourth-order valence-corrected chi connectivity index (χ4v) is 2.40. The number of urea groups is 1. The lowest BCUT2D eigenvalue weighted by molar-refractivity contribution is -0.138. The molecule has 6 heteroatoms. The average Bonchev–Trinajstić information content (AvgIpc) is 3.18. The normalized spacial score (nSPS) is 20.3. The minimum Gasteiger partial charge on any atom is -0.480 e. The zero-order valence-electron chi connectivity index (χ0n) is 11.3. The summed E-state index contributed by atoms with van der Waals surface area (Å²) in [5, 5.41) is 11.6. The van der Waals surface area contributed by atoms with Crippen LogP contribution in [0.15, 0.2) is 0 Å². The molecule has 2 N–H and O–H groups in total. The Bertz CT molecular complexity index is 323. The first-order chi connectivity index (χ1) is 9.15. The lowest BCUT2D eigenvalue weighted by Crippen LogP contribution is -2.52. The number of nitrogens with zero attached hydrogens (tertiary/aromatic N) is 2. The Morgan fingerprint density at radius 2 is 1.84 bits per heavy atom. The quantitative estimate of drug-likeness (QED) is 0.692. The highest BCUT2D eigenvalue weighted by molar-refractivity contribution is 5.74. The molecule has 2 amide bonds. The molecular formula is C13H23N3O3. The van der Waals surface area contributed by atoms with Gasteiger partial charge in [0.25, 0.3) is 0 Å². The second kappa shape index (κ2) is 6.75. The minimum absolute atomic E-state index is 0.00854. The van der Waals surface area contributed by atoms with Crippen molar-refractivity contribution >= 4 is 12.0 Å². The number of hydrogen-bond acceptors (Lipinski definition) is 3. The van der Waals surface area contributed by atoms with Crippen LogP contribution in [0, 0.1) is 5.92 Å². The molecule has 1 saturated carbocycles. The summed E-state index contributed by atoms with van der Waals surface area (Å²) >= 11 is 0. The van der Waals surface area contributed by atoms with Gasteiger partial charge in [-0.05, 0) is 18.8 Å². The van der Waals surface area contributed by atoms with Crippen LogP contribution in [0.25, 0.3) is 0 Å². The number of amides is 2. The molecule has 0 aromatic heterocycles. The maximum atomic E-state index is 11.9. The van der Waals surface area contributed by atoms with Gasteiger partial charge in [0.15, 0.2) is 0 Å². The van der Waals surface area contributed by atoms with Gasteiger partial charge in [0.1, 0.15) is 0 Å². The SMILES string of the molecule is O=C(O)CN1CCN(C(=O)NCCCC2CC2)CC1. The highest BCUT2D eigenvalue weighted by Gasteiger charge is 2.23. The van der Waals surface area contributed by atoms with Crippen LogP contribution in [0.1, 0.15) is 25.7 Å². The fraction of sp³-hybridized carbons (Fsp3) is 0.846. The van der Waals surface area contributed by atoms with Gasteiger partial charge in [-0.1, -0.05) is 12.8 Å². The summed E-state index contributed by atoms with van der Waals surface area (Å²) in [7, 11) is 0. The van der Waals surface area contributed by atoms with Crippen molar-refractivity contribution in [2.45, 2.75) is 25.7 Å². The van der Waals surface area contributed by atoms with Gasteiger partial charge in [-0.25, -0.2) is 4.79 Å². The number of rotatable bonds is 6. The van der Waals surface area contributed by atoms with Crippen LogP contribution in [0.2, 0.25) is 0 Å². The zero-order valence-corrected chi connectivity index (χ0v) is 11.3. The zero-order chi connectivity index (χ0) is 13.7. The van der Waals surface area contributed by atoms with Crippen molar-refractivity contribution in [2.24, 2.45) is 5.92 Å². The largest absolute Gasteiger partial charge is 0.480 e. The van der Waals surface area contributed by atoms with Crippen LogP contribution < -0.4 is 5.32 Å². The van der Waals surface area contributed by atoms with Crippen molar-refractivity contribution in [3.63, 3.8) is 0 Å². The summed E-state index contributed by atoms with van der Waals surface area (Å²) < 4.78 is 0. The summed E-state index contributed by atoms with van der Waals surface area (Å²) in [6.45, 7) is 3.33. The number of hydrogen-bond donors (Lipinski definition) is 2. The maximum Gasteiger partial charge on any atom is 0.317 e. The van der Waals surface area contributed by atoms with Gasteiger partial charge in [-0.3, -0.25) is 9.69 Å². The smallest absolute Gasteiger partial charge is 0.317 e. The molecule has 0 radical (unpaired) electrons. The number of carboxylic acids is 1. The van der Waals surface area contributed by atoms with Crippen molar-refractivity contribution in [2.75, 3.05) is 39.3 Å². The number of carbonyl (C=O) groups is 2. The standard InChI is InChI=1S/C13H23N3O3/c17-12(18)10-15-6-8-16(9-7-15)13(19)14-5-1-2-11-3-4-11/h11H,1-10H2,(H,14,19)(H,17,18). The van der Waals surface area contributed by atoms with E-state index in [-0.39, 0.29) is 12.6 Å². The van der Waals surface area contributed by atoms with E-state index in [9.17, 15) is 9.59 Å². The molecule has 0 aromatic carbocycles. The second-order valence-electron chi connectivity index (χ2n) is 5.47. The summed E-state index contributed by atoms with van der Waals surface area (Å²) in [5.74, 6) is 0.106. The van der Waals surface area contributed by atoms with E-state index in [1.54, 1.807) is 4.90 Å². The van der Waals surface area contributed by atoms with Gasteiger partial charge in [0.05, 0.1) is 6.54 Å². The van der Waals surface area contributed by atoms with Gasteiger partial charge in [-0.15, -0.1) is 0 Å². The van der Waals surface area contributed by atoms with E-state index in [4.69, 9.17) is 5.11 Å². The summed E-state index contributed by atoms with van der Waals surface area (Å²) in [4.78, 5) is 26.1. The third-order valence-electron chi connectivity index (χ3n) is 3.78. The second-order valence-corrected chi connectivity index (χ2v) is 5.47. The number of carbonyl (C=O) groups excluding carboxylic acids is 1. The lowest BCUT2D eigenvalue weighted by atomic mass is 10.2. The van der Waals surface area contributed by atoms with E-state index in [1.807, 2.05) is 4.90 Å². The third kappa shape index (κ3) is 5.06. The Labute approximate surface area is 113 Å². The molecule has 2 rings (SSSR count). The molecule has 1 aliphatic carbocycles. The molecule has 1 heterocycles. The van der Waals surface area contributed by atoms with Crippen molar-refractivity contribution in [3.8, 4) is 0 Å². The first-order valence-electron chi connectivity index (χ1n) is 7.12. The topological polar surface area (TPSA) is 72.9 Å². The number of piperazine rings is 1. The van der Waals surface area contributed by atoms with Crippen LogP contribution in [0.3, 0.4) is 0 Å². The van der Waals surface area contributed by atoms with Crippen molar-refractivity contribution < 1.29 is 14.7 Å². The number of aliphatic carboxylic acids is 1. The van der Waals surface area contributed by atoms with Crippen LogP contribution in [0.5, 0.6) is 0 Å². The lowest BCUT2D eigenvalue weighted by Gasteiger charge is -2.33. The molecule has 1 saturated heterocycles. The van der Waals surface area contributed by atoms with Crippen LogP contribution in [0.4, 0.5) is 4.79 Å². The molecule has 108 valence electrons. The van der Waals surface area contributed by atoms with E-state index in [2.05, 4.69) is 5.32 Å². The molecule has 2 aliphatic rings. The number of carboxylic acid groups (broad SMARTS) is 1. The molecule has 1 aliphatic heterocycles. The molecule has 2 fully saturated rings. The van der Waals surface area contributed by atoms with E-state index in [1.165, 1.54) is 19.3 Å². The fourth-order valence-electron chi connectivity index (χ4n) is 2.40. The Morgan fingerprint density at radius 3 is 2.42 bits per heavy atom. The van der Waals surface area contributed by atoms with Crippen molar-refractivity contribution in [1.29, 1.82) is 0 Å². The van der Waals surface area contributed by atoms with Gasteiger partial charge >= 0.3 is 12.0 Å². The Kier molecular flexibility index (Phi) is 5.01. The summed E-state index contributed by atoms with van der Waals surface area (Å²) in [6, 6.07) is -0.00854. The first-order valence-corrected chi connectivity index (χ1v) is 7.12. The molecular weight excluding hydrogens is 246 g/mol.